The number of aromatic nitrogens is 3. The Morgan fingerprint density at radius 3 is 2.94 bits per heavy atom. The second-order valence-corrected chi connectivity index (χ2v) is 3.75. The third-order valence-electron chi connectivity index (χ3n) is 2.26. The van der Waals surface area contributed by atoms with Gasteiger partial charge in [0.2, 0.25) is 5.91 Å². The highest BCUT2D eigenvalue weighted by atomic mass is 16.2. The highest BCUT2D eigenvalue weighted by Gasteiger charge is 2.04. The smallest absolute Gasteiger partial charge is 0.241 e. The molecule has 0 aliphatic heterocycles. The summed E-state index contributed by atoms with van der Waals surface area (Å²) in [6.45, 7) is 1.31. The lowest BCUT2D eigenvalue weighted by atomic mass is 10.2. The van der Waals surface area contributed by atoms with Crippen LogP contribution in [0.5, 0.6) is 0 Å². The van der Waals surface area contributed by atoms with Crippen LogP contribution in [0.3, 0.4) is 0 Å². The number of hydrogen-bond donors (Lipinski definition) is 3. The molecule has 0 aliphatic rings. The number of carbonyl (C=O) groups is 1. The third kappa shape index (κ3) is 5.41. The first-order chi connectivity index (χ1) is 8.26. The van der Waals surface area contributed by atoms with Crippen LogP contribution in [0.25, 0.3) is 0 Å². The molecule has 0 unspecified atom stereocenters. The van der Waals surface area contributed by atoms with Crippen LogP contribution < -0.4 is 11.1 Å². The van der Waals surface area contributed by atoms with Gasteiger partial charge in [0, 0.05) is 19.7 Å². The van der Waals surface area contributed by atoms with Crippen LogP contribution in [0.4, 0.5) is 0 Å². The minimum atomic E-state index is -0.0949. The van der Waals surface area contributed by atoms with E-state index in [-0.39, 0.29) is 19.1 Å². The third-order valence-corrected chi connectivity index (χ3v) is 2.26. The van der Waals surface area contributed by atoms with Crippen LogP contribution in [0.15, 0.2) is 6.20 Å². The Kier molecular flexibility index (Phi) is 6.19. The van der Waals surface area contributed by atoms with Crippen molar-refractivity contribution in [3.8, 4) is 0 Å². The zero-order valence-electron chi connectivity index (χ0n) is 9.80. The van der Waals surface area contributed by atoms with E-state index in [0.29, 0.717) is 18.8 Å². The SMILES string of the molecule is NCc1cn(CC(=O)NCCCCCO)nn1. The normalized spacial score (nSPS) is 10.5. The number of carbonyl (C=O) groups excluding carboxylic acids is 1. The molecule has 0 bridgehead atoms. The van der Waals surface area contributed by atoms with E-state index in [2.05, 4.69) is 15.6 Å². The predicted molar refractivity (Wildman–Crippen MR) is 61.9 cm³/mol. The van der Waals surface area contributed by atoms with Gasteiger partial charge in [0.15, 0.2) is 0 Å². The van der Waals surface area contributed by atoms with Gasteiger partial charge >= 0.3 is 0 Å². The topological polar surface area (TPSA) is 106 Å². The van der Waals surface area contributed by atoms with Crippen molar-refractivity contribution in [3.05, 3.63) is 11.9 Å². The molecule has 1 heterocycles. The lowest BCUT2D eigenvalue weighted by molar-refractivity contribution is -0.121. The molecule has 0 radical (unpaired) electrons. The van der Waals surface area contributed by atoms with E-state index in [1.165, 1.54) is 4.68 Å². The van der Waals surface area contributed by atoms with Crippen molar-refractivity contribution in [2.24, 2.45) is 5.73 Å². The van der Waals surface area contributed by atoms with E-state index in [1.807, 2.05) is 0 Å². The van der Waals surface area contributed by atoms with Crippen molar-refractivity contribution >= 4 is 5.91 Å². The van der Waals surface area contributed by atoms with Gasteiger partial charge in [-0.2, -0.15) is 0 Å². The standard InChI is InChI=1S/C10H19N5O2/c11-6-9-7-15(14-13-9)8-10(17)12-4-2-1-3-5-16/h7,16H,1-6,8,11H2,(H,12,17). The molecule has 0 aromatic carbocycles. The first kappa shape index (κ1) is 13.6. The first-order valence-corrected chi connectivity index (χ1v) is 5.73. The van der Waals surface area contributed by atoms with Crippen LogP contribution in [0.1, 0.15) is 25.0 Å². The molecule has 1 aromatic rings. The van der Waals surface area contributed by atoms with E-state index in [9.17, 15) is 4.79 Å². The summed E-state index contributed by atoms with van der Waals surface area (Å²) in [4.78, 5) is 11.5. The highest BCUT2D eigenvalue weighted by molar-refractivity contribution is 5.75. The Hall–Kier alpha value is -1.47. The maximum absolute atomic E-state index is 11.5. The van der Waals surface area contributed by atoms with E-state index < -0.39 is 0 Å². The second-order valence-electron chi connectivity index (χ2n) is 3.75. The maximum Gasteiger partial charge on any atom is 0.241 e. The van der Waals surface area contributed by atoms with E-state index in [4.69, 9.17) is 10.8 Å². The van der Waals surface area contributed by atoms with Crippen molar-refractivity contribution < 1.29 is 9.90 Å². The Morgan fingerprint density at radius 2 is 2.29 bits per heavy atom. The summed E-state index contributed by atoms with van der Waals surface area (Å²) in [5.41, 5.74) is 6.05. The van der Waals surface area contributed by atoms with E-state index in [0.717, 1.165) is 19.3 Å². The van der Waals surface area contributed by atoms with Gasteiger partial charge in [-0.05, 0) is 19.3 Å². The summed E-state index contributed by atoms with van der Waals surface area (Å²) in [5, 5.41) is 18.9. The van der Waals surface area contributed by atoms with Crippen molar-refractivity contribution in [1.29, 1.82) is 0 Å². The van der Waals surface area contributed by atoms with Crippen molar-refractivity contribution in [2.45, 2.75) is 32.4 Å². The minimum Gasteiger partial charge on any atom is -0.396 e. The summed E-state index contributed by atoms with van der Waals surface area (Å²) in [6.07, 6.45) is 4.22. The Balaban J connectivity index is 2.16. The average molecular weight is 241 g/mol. The van der Waals surface area contributed by atoms with Crippen LogP contribution in [0, 0.1) is 0 Å². The molecule has 0 fully saturated rings. The van der Waals surface area contributed by atoms with Gasteiger partial charge < -0.3 is 16.2 Å². The molecule has 0 aliphatic carbocycles. The van der Waals surface area contributed by atoms with Crippen LogP contribution in [0.2, 0.25) is 0 Å². The largest absolute Gasteiger partial charge is 0.396 e. The van der Waals surface area contributed by atoms with E-state index in [1.54, 1.807) is 6.20 Å². The maximum atomic E-state index is 11.5. The monoisotopic (exact) mass is 241 g/mol. The molecule has 96 valence electrons. The molecule has 1 rings (SSSR count). The van der Waals surface area contributed by atoms with Crippen LogP contribution in [-0.4, -0.2) is 39.2 Å². The number of nitrogens with zero attached hydrogens (tertiary/aromatic N) is 3. The molecular weight excluding hydrogens is 222 g/mol. The summed E-state index contributed by atoms with van der Waals surface area (Å²) in [7, 11) is 0. The Morgan fingerprint density at radius 1 is 1.47 bits per heavy atom. The molecule has 7 heteroatoms. The zero-order chi connectivity index (χ0) is 12.5. The number of rotatable bonds is 8. The highest BCUT2D eigenvalue weighted by Crippen LogP contribution is 1.93. The number of nitrogens with two attached hydrogens (primary N) is 1. The predicted octanol–water partition coefficient (Wildman–Crippen LogP) is -0.984. The van der Waals surface area contributed by atoms with Crippen molar-refractivity contribution in [1.82, 2.24) is 20.3 Å². The zero-order valence-corrected chi connectivity index (χ0v) is 9.80. The van der Waals surface area contributed by atoms with Gasteiger partial charge in [-0.1, -0.05) is 5.21 Å². The van der Waals surface area contributed by atoms with Gasteiger partial charge in [-0.3, -0.25) is 4.79 Å². The fraction of sp³-hybridized carbons (Fsp3) is 0.700. The molecule has 1 aromatic heterocycles. The Bertz CT molecular complexity index is 339. The molecule has 0 saturated carbocycles. The second kappa shape index (κ2) is 7.75. The lowest BCUT2D eigenvalue weighted by Crippen LogP contribution is -2.28. The fourth-order valence-corrected chi connectivity index (χ4v) is 1.35. The number of hydrogen-bond acceptors (Lipinski definition) is 5. The van der Waals surface area contributed by atoms with Gasteiger partial charge in [0.25, 0.3) is 0 Å². The first-order valence-electron chi connectivity index (χ1n) is 5.73. The molecule has 4 N–H and O–H groups in total. The number of aliphatic hydroxyl groups excluding tert-OH is 1. The van der Waals surface area contributed by atoms with Crippen molar-refractivity contribution in [3.63, 3.8) is 0 Å². The summed E-state index contributed by atoms with van der Waals surface area (Å²) >= 11 is 0. The van der Waals surface area contributed by atoms with Gasteiger partial charge in [0.05, 0.1) is 11.9 Å². The molecular formula is C10H19N5O2. The fourth-order valence-electron chi connectivity index (χ4n) is 1.35. The van der Waals surface area contributed by atoms with Crippen LogP contribution in [-0.2, 0) is 17.9 Å². The minimum absolute atomic E-state index is 0.0949. The number of unbranched alkanes of at least 4 members (excludes halogenated alkanes) is 2. The Labute approximate surface area is 100.0 Å². The lowest BCUT2D eigenvalue weighted by Gasteiger charge is -2.04. The van der Waals surface area contributed by atoms with Gasteiger partial charge in [-0.25, -0.2) is 4.68 Å². The molecule has 17 heavy (non-hydrogen) atoms. The van der Waals surface area contributed by atoms with Gasteiger partial charge in [0.1, 0.15) is 6.54 Å². The molecule has 0 atom stereocenters. The van der Waals surface area contributed by atoms with Crippen molar-refractivity contribution in [2.75, 3.05) is 13.2 Å². The molecule has 7 nitrogen and oxygen atoms in total. The summed E-state index contributed by atoms with van der Waals surface area (Å²) in [6, 6.07) is 0. The molecule has 0 saturated heterocycles. The number of aliphatic hydroxyl groups is 1. The van der Waals surface area contributed by atoms with Gasteiger partial charge in [-0.15, -0.1) is 5.10 Å². The number of amides is 1. The molecule has 0 spiro atoms. The summed E-state index contributed by atoms with van der Waals surface area (Å²) < 4.78 is 1.46. The van der Waals surface area contributed by atoms with E-state index >= 15 is 0 Å². The number of nitrogens with one attached hydrogen (secondary N) is 1. The van der Waals surface area contributed by atoms with Crippen LogP contribution >= 0.6 is 0 Å². The molecule has 1 amide bonds. The average Bonchev–Trinajstić information content (AvgIpc) is 2.76. The quantitative estimate of drug-likeness (QED) is 0.507. The summed E-state index contributed by atoms with van der Waals surface area (Å²) in [5.74, 6) is -0.0949.